The minimum Gasteiger partial charge on any atom is -0.338 e. The zero-order valence-electron chi connectivity index (χ0n) is 15.5. The average Bonchev–Trinajstić information content (AvgIpc) is 2.59. The van der Waals surface area contributed by atoms with Crippen LogP contribution in [0.2, 0.25) is 0 Å². The van der Waals surface area contributed by atoms with Crippen molar-refractivity contribution in [1.82, 2.24) is 15.1 Å². The Morgan fingerprint density at radius 1 is 1.12 bits per heavy atom. The third-order valence-corrected chi connectivity index (χ3v) is 5.16. The van der Waals surface area contributed by atoms with Crippen LogP contribution in [-0.4, -0.2) is 60.0 Å². The highest BCUT2D eigenvalue weighted by molar-refractivity contribution is 5.81. The Morgan fingerprint density at radius 2 is 1.88 bits per heavy atom. The van der Waals surface area contributed by atoms with E-state index in [1.807, 2.05) is 11.8 Å². The highest BCUT2D eigenvalue weighted by Gasteiger charge is 2.36. The number of hydrogen-bond acceptors (Lipinski definition) is 3. The molecule has 3 unspecified atom stereocenters. The summed E-state index contributed by atoms with van der Waals surface area (Å²) in [6, 6.07) is 0.114. The predicted octanol–water partition coefficient (Wildman–Crippen LogP) is 1.79. The van der Waals surface area contributed by atoms with E-state index in [9.17, 15) is 9.59 Å². The summed E-state index contributed by atoms with van der Waals surface area (Å²) < 4.78 is 0. The number of carbonyl (C=O) groups is 2. The van der Waals surface area contributed by atoms with Crippen LogP contribution in [0.5, 0.6) is 0 Å². The standard InChI is InChI=1S/C18H34N4O2/c1-13(2)11-20-18(24)21-9-6-7-15(12-21)17(23)22-10-5-4-8-16(22)14(3)19/h13-16H,4-12,19H2,1-3H3,(H,20,24). The Hall–Kier alpha value is -1.30. The average molecular weight is 338 g/mol. The quantitative estimate of drug-likeness (QED) is 0.820. The SMILES string of the molecule is CC(C)CNC(=O)N1CCCC(C(=O)N2CCCCC2C(C)N)C1. The van der Waals surface area contributed by atoms with Crippen molar-refractivity contribution in [2.45, 2.75) is 65.0 Å². The minimum atomic E-state index is -0.0806. The van der Waals surface area contributed by atoms with E-state index in [0.29, 0.717) is 19.0 Å². The smallest absolute Gasteiger partial charge is 0.317 e. The predicted molar refractivity (Wildman–Crippen MR) is 95.5 cm³/mol. The number of piperidine rings is 2. The molecule has 2 aliphatic rings. The molecule has 24 heavy (non-hydrogen) atoms. The lowest BCUT2D eigenvalue weighted by molar-refractivity contribution is -0.141. The highest BCUT2D eigenvalue weighted by atomic mass is 16.2. The number of hydrogen-bond donors (Lipinski definition) is 2. The van der Waals surface area contributed by atoms with Crippen LogP contribution < -0.4 is 11.1 Å². The van der Waals surface area contributed by atoms with Gasteiger partial charge in [0.25, 0.3) is 0 Å². The third kappa shape index (κ3) is 4.85. The first-order valence-corrected chi connectivity index (χ1v) is 9.49. The molecule has 0 aromatic heterocycles. The van der Waals surface area contributed by atoms with E-state index in [1.54, 1.807) is 4.90 Å². The molecular weight excluding hydrogens is 304 g/mol. The van der Waals surface area contributed by atoms with Crippen LogP contribution in [0.4, 0.5) is 4.79 Å². The number of likely N-dealkylation sites (tertiary alicyclic amines) is 2. The molecule has 0 bridgehead atoms. The van der Waals surface area contributed by atoms with Gasteiger partial charge in [-0.3, -0.25) is 4.79 Å². The van der Waals surface area contributed by atoms with Gasteiger partial charge in [0, 0.05) is 38.3 Å². The summed E-state index contributed by atoms with van der Waals surface area (Å²) >= 11 is 0. The van der Waals surface area contributed by atoms with Crippen LogP contribution in [0.3, 0.4) is 0 Å². The molecule has 0 aromatic carbocycles. The van der Waals surface area contributed by atoms with E-state index in [2.05, 4.69) is 19.2 Å². The Balaban J connectivity index is 1.95. The summed E-state index contributed by atoms with van der Waals surface area (Å²) in [5.74, 6) is 0.539. The molecule has 3 amide bonds. The lowest BCUT2D eigenvalue weighted by Gasteiger charge is -2.41. The Bertz CT molecular complexity index is 439. The molecule has 3 atom stereocenters. The normalized spacial score (nSPS) is 26.4. The summed E-state index contributed by atoms with van der Waals surface area (Å²) in [5.41, 5.74) is 6.10. The number of nitrogens with zero attached hydrogens (tertiary/aromatic N) is 2. The van der Waals surface area contributed by atoms with Crippen molar-refractivity contribution in [2.75, 3.05) is 26.2 Å². The molecule has 3 N–H and O–H groups in total. The first kappa shape index (κ1) is 19.0. The zero-order chi connectivity index (χ0) is 17.7. The third-order valence-electron chi connectivity index (χ3n) is 5.16. The number of amides is 3. The van der Waals surface area contributed by atoms with Crippen molar-refractivity contribution in [2.24, 2.45) is 17.6 Å². The molecular formula is C18H34N4O2. The van der Waals surface area contributed by atoms with Gasteiger partial charge in [0.15, 0.2) is 0 Å². The molecule has 2 saturated heterocycles. The molecule has 2 rings (SSSR count). The molecule has 0 saturated carbocycles. The van der Waals surface area contributed by atoms with E-state index in [1.165, 1.54) is 0 Å². The molecule has 6 nitrogen and oxygen atoms in total. The number of rotatable bonds is 4. The van der Waals surface area contributed by atoms with Crippen molar-refractivity contribution in [3.05, 3.63) is 0 Å². The van der Waals surface area contributed by atoms with Gasteiger partial charge in [0.2, 0.25) is 5.91 Å². The molecule has 2 fully saturated rings. The highest BCUT2D eigenvalue weighted by Crippen LogP contribution is 2.25. The van der Waals surface area contributed by atoms with Crippen LogP contribution in [0.25, 0.3) is 0 Å². The second-order valence-electron chi connectivity index (χ2n) is 7.82. The number of nitrogens with one attached hydrogen (secondary N) is 1. The van der Waals surface area contributed by atoms with Crippen LogP contribution in [0, 0.1) is 11.8 Å². The molecule has 6 heteroatoms. The van der Waals surface area contributed by atoms with E-state index >= 15 is 0 Å². The molecule has 138 valence electrons. The van der Waals surface area contributed by atoms with E-state index in [-0.39, 0.29) is 29.9 Å². The largest absolute Gasteiger partial charge is 0.338 e. The van der Waals surface area contributed by atoms with Gasteiger partial charge >= 0.3 is 6.03 Å². The summed E-state index contributed by atoms with van der Waals surface area (Å²) in [4.78, 5) is 29.1. The van der Waals surface area contributed by atoms with Crippen molar-refractivity contribution in [1.29, 1.82) is 0 Å². The summed E-state index contributed by atoms with van der Waals surface area (Å²) in [6.07, 6.45) is 4.95. The molecule has 0 aliphatic carbocycles. The maximum absolute atomic E-state index is 13.0. The number of urea groups is 1. The molecule has 2 heterocycles. The molecule has 0 radical (unpaired) electrons. The van der Waals surface area contributed by atoms with Crippen molar-refractivity contribution >= 4 is 11.9 Å². The van der Waals surface area contributed by atoms with Gasteiger partial charge in [-0.15, -0.1) is 0 Å². The summed E-state index contributed by atoms with van der Waals surface area (Å²) in [6.45, 7) is 8.90. The van der Waals surface area contributed by atoms with Crippen LogP contribution in [0.1, 0.15) is 52.9 Å². The second kappa shape index (κ2) is 8.70. The molecule has 2 aliphatic heterocycles. The van der Waals surface area contributed by atoms with Gasteiger partial charge in [0.05, 0.1) is 5.92 Å². The van der Waals surface area contributed by atoms with Gasteiger partial charge in [-0.2, -0.15) is 0 Å². The van der Waals surface area contributed by atoms with Crippen molar-refractivity contribution < 1.29 is 9.59 Å². The van der Waals surface area contributed by atoms with E-state index in [0.717, 1.165) is 45.2 Å². The summed E-state index contributed by atoms with van der Waals surface area (Å²) in [5, 5.41) is 2.96. The fraction of sp³-hybridized carbons (Fsp3) is 0.889. The minimum absolute atomic E-state index is 0.00304. The van der Waals surface area contributed by atoms with Crippen LogP contribution >= 0.6 is 0 Å². The maximum Gasteiger partial charge on any atom is 0.317 e. The Kier molecular flexibility index (Phi) is 6.90. The van der Waals surface area contributed by atoms with E-state index in [4.69, 9.17) is 5.73 Å². The van der Waals surface area contributed by atoms with Gasteiger partial charge in [0.1, 0.15) is 0 Å². The summed E-state index contributed by atoms with van der Waals surface area (Å²) in [7, 11) is 0. The first-order chi connectivity index (χ1) is 11.4. The number of carbonyl (C=O) groups excluding carboxylic acids is 2. The van der Waals surface area contributed by atoms with Gasteiger partial charge in [-0.25, -0.2) is 4.79 Å². The fourth-order valence-corrected chi connectivity index (χ4v) is 3.78. The van der Waals surface area contributed by atoms with Crippen molar-refractivity contribution in [3.63, 3.8) is 0 Å². The van der Waals surface area contributed by atoms with E-state index < -0.39 is 0 Å². The molecule has 0 spiro atoms. The van der Waals surface area contributed by atoms with Gasteiger partial charge in [-0.05, 0) is 44.9 Å². The number of nitrogens with two attached hydrogens (primary N) is 1. The lowest BCUT2D eigenvalue weighted by Crippen LogP contribution is -2.56. The second-order valence-corrected chi connectivity index (χ2v) is 7.82. The topological polar surface area (TPSA) is 78.7 Å². The zero-order valence-corrected chi connectivity index (χ0v) is 15.5. The molecule has 0 aromatic rings. The van der Waals surface area contributed by atoms with Crippen molar-refractivity contribution in [3.8, 4) is 0 Å². The van der Waals surface area contributed by atoms with Crippen LogP contribution in [0.15, 0.2) is 0 Å². The van der Waals surface area contributed by atoms with Gasteiger partial charge in [-0.1, -0.05) is 13.8 Å². The van der Waals surface area contributed by atoms with Crippen LogP contribution in [-0.2, 0) is 4.79 Å². The Morgan fingerprint density at radius 3 is 2.54 bits per heavy atom. The Labute approximate surface area is 146 Å². The van der Waals surface area contributed by atoms with Gasteiger partial charge < -0.3 is 20.9 Å². The first-order valence-electron chi connectivity index (χ1n) is 9.49. The maximum atomic E-state index is 13.0. The lowest BCUT2D eigenvalue weighted by atomic mass is 9.91. The monoisotopic (exact) mass is 338 g/mol. The fourth-order valence-electron chi connectivity index (χ4n) is 3.78.